The van der Waals surface area contributed by atoms with Crippen LogP contribution in [-0.4, -0.2) is 28.4 Å². The number of carboxylic acids is 1. The Labute approximate surface area is 217 Å². The number of carbonyl (C=O) groups is 1. The second kappa shape index (κ2) is 12.5. The van der Waals surface area contributed by atoms with Crippen molar-refractivity contribution in [3.05, 3.63) is 64.2 Å². The summed E-state index contributed by atoms with van der Waals surface area (Å²) in [6.07, 6.45) is 8.31. The molecule has 1 aliphatic rings. The Kier molecular flexibility index (Phi) is 9.63. The van der Waals surface area contributed by atoms with Crippen molar-refractivity contribution in [2.45, 2.75) is 103 Å². The summed E-state index contributed by atoms with van der Waals surface area (Å²) in [6.45, 7) is 9.20. The van der Waals surface area contributed by atoms with E-state index >= 15 is 0 Å². The van der Waals surface area contributed by atoms with Gasteiger partial charge in [0.25, 0.3) is 0 Å². The van der Waals surface area contributed by atoms with Crippen LogP contribution >= 0.6 is 0 Å². The van der Waals surface area contributed by atoms with Gasteiger partial charge in [0, 0.05) is 17.4 Å². The number of ether oxygens (including phenoxy) is 1. The summed E-state index contributed by atoms with van der Waals surface area (Å²) in [6, 6.07) is 13.1. The van der Waals surface area contributed by atoms with Gasteiger partial charge in [-0.15, -0.1) is 0 Å². The summed E-state index contributed by atoms with van der Waals surface area (Å²) in [5.74, 6) is 6.56. The molecule has 3 rings (SSSR count). The van der Waals surface area contributed by atoms with Crippen LogP contribution in [0.5, 0.6) is 5.75 Å². The molecular weight excluding hydrogens is 448 g/mol. The van der Waals surface area contributed by atoms with E-state index in [9.17, 15) is 9.90 Å². The van der Waals surface area contributed by atoms with Gasteiger partial charge in [0.15, 0.2) is 0 Å². The fourth-order valence-corrected chi connectivity index (χ4v) is 5.45. The van der Waals surface area contributed by atoms with Gasteiger partial charge in [-0.2, -0.15) is 0 Å². The first-order valence-corrected chi connectivity index (χ1v) is 13.6. The first-order valence-electron chi connectivity index (χ1n) is 13.6. The van der Waals surface area contributed by atoms with Gasteiger partial charge in [0.2, 0.25) is 0 Å². The maximum absolute atomic E-state index is 10.8. The number of aliphatic carboxylic acids is 1. The van der Waals surface area contributed by atoms with E-state index in [0.29, 0.717) is 13.0 Å². The third kappa shape index (κ3) is 6.71. The molecule has 0 aromatic heterocycles. The molecule has 36 heavy (non-hydrogen) atoms. The maximum atomic E-state index is 10.8. The van der Waals surface area contributed by atoms with Gasteiger partial charge in [0.1, 0.15) is 11.4 Å². The average Bonchev–Trinajstić information content (AvgIpc) is 2.86. The lowest BCUT2D eigenvalue weighted by Crippen LogP contribution is -2.29. The van der Waals surface area contributed by atoms with Crippen LogP contribution in [-0.2, 0) is 10.2 Å². The molecule has 0 bridgehead atoms. The van der Waals surface area contributed by atoms with E-state index in [4.69, 9.17) is 9.84 Å². The number of benzene rings is 2. The van der Waals surface area contributed by atoms with Crippen molar-refractivity contribution in [2.75, 3.05) is 6.61 Å². The molecule has 1 aliphatic carbocycles. The number of carboxylic acid groups (broad SMARTS) is 1. The zero-order valence-corrected chi connectivity index (χ0v) is 22.5. The lowest BCUT2D eigenvalue weighted by Gasteiger charge is -2.34. The van der Waals surface area contributed by atoms with Crippen LogP contribution in [0.2, 0.25) is 0 Å². The van der Waals surface area contributed by atoms with Crippen molar-refractivity contribution in [3.8, 4) is 17.6 Å². The van der Waals surface area contributed by atoms with E-state index in [1.807, 2.05) is 0 Å². The predicted octanol–water partition coefficient (Wildman–Crippen LogP) is 7.09. The molecule has 0 amide bonds. The zero-order chi connectivity index (χ0) is 26.2. The minimum Gasteiger partial charge on any atom is -0.493 e. The number of unbranched alkanes of at least 4 members (excludes halogenated alkanes) is 1. The first-order chi connectivity index (χ1) is 17.2. The van der Waals surface area contributed by atoms with Gasteiger partial charge in [-0.05, 0) is 99.6 Å². The molecule has 0 spiro atoms. The number of hydrogen-bond donors (Lipinski definition) is 2. The highest BCUT2D eigenvalue weighted by molar-refractivity contribution is 5.66. The van der Waals surface area contributed by atoms with E-state index in [-0.39, 0.29) is 11.8 Å². The maximum Gasteiger partial charge on any atom is 0.303 e. The Hall–Kier alpha value is -2.77. The standard InChI is InChI=1S/C32H42O4/c1-5-32(6-2,28-15-16-29(25(4)23-28)36-21-11-8-12-30(33)34)27-14-13-26(24(3)22-27)17-20-31(35)18-9-7-10-19-31/h13-16,22-23,35H,5-12,18-19,21H2,1-4H3,(H,33,34). The van der Waals surface area contributed by atoms with Crippen LogP contribution < -0.4 is 4.74 Å². The third-order valence-corrected chi connectivity index (χ3v) is 7.87. The van der Waals surface area contributed by atoms with Gasteiger partial charge in [0.05, 0.1) is 6.61 Å². The molecule has 1 saturated carbocycles. The van der Waals surface area contributed by atoms with Gasteiger partial charge >= 0.3 is 5.97 Å². The van der Waals surface area contributed by atoms with E-state index in [0.717, 1.165) is 67.4 Å². The van der Waals surface area contributed by atoms with Gasteiger partial charge in [-0.1, -0.05) is 56.4 Å². The van der Waals surface area contributed by atoms with Crippen LogP contribution in [0, 0.1) is 25.7 Å². The van der Waals surface area contributed by atoms with Crippen LogP contribution in [0.4, 0.5) is 0 Å². The average molecular weight is 491 g/mol. The van der Waals surface area contributed by atoms with Crippen molar-refractivity contribution >= 4 is 5.97 Å². The van der Waals surface area contributed by atoms with Crippen molar-refractivity contribution < 1.29 is 19.7 Å². The molecule has 0 heterocycles. The molecule has 0 radical (unpaired) electrons. The Morgan fingerprint density at radius 1 is 0.972 bits per heavy atom. The molecule has 1 fully saturated rings. The predicted molar refractivity (Wildman–Crippen MR) is 146 cm³/mol. The summed E-state index contributed by atoms with van der Waals surface area (Å²) >= 11 is 0. The molecule has 4 nitrogen and oxygen atoms in total. The molecule has 0 unspecified atom stereocenters. The Bertz CT molecular complexity index is 1090. The van der Waals surface area contributed by atoms with Gasteiger partial charge in [-0.25, -0.2) is 0 Å². The molecule has 2 N–H and O–H groups in total. The quantitative estimate of drug-likeness (QED) is 0.276. The monoisotopic (exact) mass is 490 g/mol. The van der Waals surface area contributed by atoms with E-state index in [2.05, 4.69) is 75.9 Å². The summed E-state index contributed by atoms with van der Waals surface area (Å²) < 4.78 is 5.95. The van der Waals surface area contributed by atoms with Crippen molar-refractivity contribution in [3.63, 3.8) is 0 Å². The highest BCUT2D eigenvalue weighted by Gasteiger charge is 2.31. The normalized spacial score (nSPS) is 15.1. The highest BCUT2D eigenvalue weighted by atomic mass is 16.5. The van der Waals surface area contributed by atoms with Gasteiger partial charge < -0.3 is 14.9 Å². The second-order valence-electron chi connectivity index (χ2n) is 10.3. The summed E-state index contributed by atoms with van der Waals surface area (Å²) in [4.78, 5) is 10.7. The van der Waals surface area contributed by atoms with Crippen molar-refractivity contribution in [1.82, 2.24) is 0 Å². The van der Waals surface area contributed by atoms with Gasteiger partial charge in [-0.3, -0.25) is 4.79 Å². The van der Waals surface area contributed by atoms with Crippen LogP contribution in [0.15, 0.2) is 36.4 Å². The molecule has 0 saturated heterocycles. The first kappa shape index (κ1) is 27.8. The number of rotatable bonds is 10. The summed E-state index contributed by atoms with van der Waals surface area (Å²) in [7, 11) is 0. The Morgan fingerprint density at radius 3 is 2.19 bits per heavy atom. The number of aliphatic hydroxyl groups is 1. The molecule has 0 aliphatic heterocycles. The Morgan fingerprint density at radius 2 is 1.61 bits per heavy atom. The summed E-state index contributed by atoms with van der Waals surface area (Å²) in [5.41, 5.74) is 4.84. The zero-order valence-electron chi connectivity index (χ0n) is 22.5. The second-order valence-corrected chi connectivity index (χ2v) is 10.3. The van der Waals surface area contributed by atoms with Crippen LogP contribution in [0.1, 0.15) is 106 Å². The van der Waals surface area contributed by atoms with Crippen LogP contribution in [0.25, 0.3) is 0 Å². The lowest BCUT2D eigenvalue weighted by atomic mass is 9.70. The third-order valence-electron chi connectivity index (χ3n) is 7.87. The molecule has 194 valence electrons. The van der Waals surface area contributed by atoms with Crippen molar-refractivity contribution in [1.29, 1.82) is 0 Å². The highest BCUT2D eigenvalue weighted by Crippen LogP contribution is 2.41. The molecule has 2 aromatic carbocycles. The fraction of sp³-hybridized carbons (Fsp3) is 0.531. The van der Waals surface area contributed by atoms with Crippen LogP contribution in [0.3, 0.4) is 0 Å². The minimum absolute atomic E-state index is 0.108. The number of hydrogen-bond acceptors (Lipinski definition) is 3. The molecule has 4 heteroatoms. The molecule has 2 aromatic rings. The lowest BCUT2D eigenvalue weighted by molar-refractivity contribution is -0.137. The minimum atomic E-state index is -0.836. The Balaban J connectivity index is 1.81. The fourth-order valence-electron chi connectivity index (χ4n) is 5.45. The smallest absolute Gasteiger partial charge is 0.303 e. The van der Waals surface area contributed by atoms with Crippen molar-refractivity contribution in [2.24, 2.45) is 0 Å². The number of aryl methyl sites for hydroxylation is 2. The molecular formula is C32H42O4. The summed E-state index contributed by atoms with van der Waals surface area (Å²) in [5, 5.41) is 19.6. The SMILES string of the molecule is CCC(CC)(c1ccc(C#CC2(O)CCCCC2)c(C)c1)c1ccc(OCCCCC(=O)O)c(C)c1. The van der Waals surface area contributed by atoms with E-state index < -0.39 is 11.6 Å². The molecule has 0 atom stereocenters. The largest absolute Gasteiger partial charge is 0.493 e. The van der Waals surface area contributed by atoms with E-state index in [1.54, 1.807) is 0 Å². The van der Waals surface area contributed by atoms with E-state index in [1.165, 1.54) is 17.5 Å². The topological polar surface area (TPSA) is 66.8 Å².